The number of carbonyl (C=O) groups is 1. The smallest absolute Gasteiger partial charge is 0.261 e. The molecule has 1 fully saturated rings. The van der Waals surface area contributed by atoms with E-state index in [1.165, 1.54) is 36.4 Å². The molecule has 0 spiro atoms. The first kappa shape index (κ1) is 23.0. The Hall–Kier alpha value is -3.21. The van der Waals surface area contributed by atoms with Crippen molar-refractivity contribution >= 4 is 37.3 Å². The van der Waals surface area contributed by atoms with Crippen LogP contribution in [0.3, 0.4) is 0 Å². The largest absolute Gasteiger partial charge is 0.322 e. The number of sulfonamides is 2. The summed E-state index contributed by atoms with van der Waals surface area (Å²) in [5, 5.41) is 2.66. The molecular formula is C23H23N3O5S2. The lowest BCUT2D eigenvalue weighted by atomic mass is 10.2. The topological polar surface area (TPSA) is 121 Å². The van der Waals surface area contributed by atoms with E-state index >= 15 is 0 Å². The van der Waals surface area contributed by atoms with Gasteiger partial charge in [0.25, 0.3) is 15.9 Å². The summed E-state index contributed by atoms with van der Waals surface area (Å²) in [5.74, 6) is -0.504. The number of nitrogens with one attached hydrogen (secondary N) is 3. The first-order chi connectivity index (χ1) is 15.6. The average Bonchev–Trinajstić information content (AvgIpc) is 3.57. The minimum Gasteiger partial charge on any atom is -0.322 e. The number of anilines is 2. The Morgan fingerprint density at radius 2 is 1.45 bits per heavy atom. The molecule has 0 aliphatic heterocycles. The molecule has 172 valence electrons. The van der Waals surface area contributed by atoms with Crippen LogP contribution in [0.4, 0.5) is 11.4 Å². The monoisotopic (exact) mass is 485 g/mol. The van der Waals surface area contributed by atoms with Crippen molar-refractivity contribution in [1.29, 1.82) is 0 Å². The van der Waals surface area contributed by atoms with Crippen molar-refractivity contribution in [2.75, 3.05) is 10.0 Å². The van der Waals surface area contributed by atoms with E-state index in [4.69, 9.17) is 0 Å². The molecule has 0 heterocycles. The summed E-state index contributed by atoms with van der Waals surface area (Å²) >= 11 is 0. The summed E-state index contributed by atoms with van der Waals surface area (Å²) in [6.07, 6.45) is 1.64. The molecule has 1 amide bonds. The summed E-state index contributed by atoms with van der Waals surface area (Å²) in [7, 11) is -7.47. The molecule has 4 rings (SSSR count). The molecule has 33 heavy (non-hydrogen) atoms. The zero-order valence-electron chi connectivity index (χ0n) is 17.8. The lowest BCUT2D eigenvalue weighted by Gasteiger charge is -2.11. The summed E-state index contributed by atoms with van der Waals surface area (Å²) in [4.78, 5) is 12.9. The van der Waals surface area contributed by atoms with Gasteiger partial charge in [-0.15, -0.1) is 0 Å². The Morgan fingerprint density at radius 3 is 2.15 bits per heavy atom. The lowest BCUT2D eigenvalue weighted by molar-refractivity contribution is 0.102. The minimum absolute atomic E-state index is 0.0281. The predicted molar refractivity (Wildman–Crippen MR) is 126 cm³/mol. The maximum Gasteiger partial charge on any atom is 0.261 e. The number of amides is 1. The fourth-order valence-corrected chi connectivity index (χ4v) is 5.49. The number of carbonyl (C=O) groups excluding carboxylic acids is 1. The molecule has 3 aromatic carbocycles. The Bertz CT molecular complexity index is 1400. The predicted octanol–water partition coefficient (Wildman–Crippen LogP) is 3.49. The fraction of sp³-hybridized carbons (Fsp3) is 0.174. The molecular weight excluding hydrogens is 462 g/mol. The minimum atomic E-state index is -3.81. The van der Waals surface area contributed by atoms with Gasteiger partial charge < -0.3 is 5.32 Å². The highest BCUT2D eigenvalue weighted by atomic mass is 32.2. The highest BCUT2D eigenvalue weighted by molar-refractivity contribution is 7.92. The van der Waals surface area contributed by atoms with Crippen LogP contribution >= 0.6 is 0 Å². The van der Waals surface area contributed by atoms with Crippen LogP contribution in [-0.2, 0) is 20.0 Å². The van der Waals surface area contributed by atoms with Gasteiger partial charge in [0.05, 0.1) is 9.79 Å². The van der Waals surface area contributed by atoms with E-state index in [9.17, 15) is 21.6 Å². The highest BCUT2D eigenvalue weighted by Crippen LogP contribution is 2.24. The van der Waals surface area contributed by atoms with Crippen LogP contribution in [0.25, 0.3) is 0 Å². The highest BCUT2D eigenvalue weighted by Gasteiger charge is 2.28. The molecule has 1 aliphatic carbocycles. The molecule has 8 nitrogen and oxygen atoms in total. The first-order valence-electron chi connectivity index (χ1n) is 10.3. The van der Waals surface area contributed by atoms with Gasteiger partial charge >= 0.3 is 0 Å². The maximum atomic E-state index is 12.7. The van der Waals surface area contributed by atoms with E-state index in [0.29, 0.717) is 5.69 Å². The van der Waals surface area contributed by atoms with Crippen LogP contribution in [0.15, 0.2) is 82.6 Å². The second kappa shape index (κ2) is 8.97. The van der Waals surface area contributed by atoms with Gasteiger partial charge in [0.2, 0.25) is 10.0 Å². The van der Waals surface area contributed by atoms with E-state index in [1.54, 1.807) is 36.4 Å². The van der Waals surface area contributed by atoms with Gasteiger partial charge in [0.1, 0.15) is 0 Å². The van der Waals surface area contributed by atoms with Crippen LogP contribution in [0.2, 0.25) is 0 Å². The molecule has 1 aliphatic rings. The number of aryl methyl sites for hydroxylation is 1. The van der Waals surface area contributed by atoms with Crippen molar-refractivity contribution in [2.24, 2.45) is 0 Å². The number of hydrogen-bond acceptors (Lipinski definition) is 5. The third kappa shape index (κ3) is 5.78. The first-order valence-corrected chi connectivity index (χ1v) is 13.2. The van der Waals surface area contributed by atoms with Gasteiger partial charge in [0.15, 0.2) is 0 Å². The van der Waals surface area contributed by atoms with Crippen LogP contribution in [0, 0.1) is 6.92 Å². The third-order valence-electron chi connectivity index (χ3n) is 5.01. The lowest BCUT2D eigenvalue weighted by Crippen LogP contribution is -2.25. The van der Waals surface area contributed by atoms with E-state index in [0.717, 1.165) is 18.4 Å². The van der Waals surface area contributed by atoms with Crippen molar-refractivity contribution in [3.8, 4) is 0 Å². The van der Waals surface area contributed by atoms with Crippen LogP contribution in [0.1, 0.15) is 28.8 Å². The van der Waals surface area contributed by atoms with Crippen molar-refractivity contribution in [3.63, 3.8) is 0 Å². The molecule has 0 atom stereocenters. The Labute approximate surface area is 193 Å². The van der Waals surface area contributed by atoms with Crippen molar-refractivity contribution in [2.45, 2.75) is 35.6 Å². The van der Waals surface area contributed by atoms with E-state index in [2.05, 4.69) is 14.8 Å². The van der Waals surface area contributed by atoms with E-state index in [1.807, 2.05) is 6.92 Å². The third-order valence-corrected chi connectivity index (χ3v) is 7.93. The van der Waals surface area contributed by atoms with Gasteiger partial charge in [-0.1, -0.05) is 29.8 Å². The molecule has 1 saturated carbocycles. The Kier molecular flexibility index (Phi) is 6.24. The SMILES string of the molecule is Cc1ccc(S(=O)(=O)Nc2cccc(C(=O)Nc3cccc(S(=O)(=O)NC4CC4)c3)c2)cc1. The molecule has 0 unspecified atom stereocenters. The molecule has 10 heteroatoms. The zero-order valence-corrected chi connectivity index (χ0v) is 19.4. The number of benzene rings is 3. The Morgan fingerprint density at radius 1 is 0.788 bits per heavy atom. The van der Waals surface area contributed by atoms with Gasteiger partial charge in [-0.25, -0.2) is 21.6 Å². The van der Waals surface area contributed by atoms with E-state index < -0.39 is 26.0 Å². The molecule has 0 bridgehead atoms. The van der Waals surface area contributed by atoms with Crippen LogP contribution in [0.5, 0.6) is 0 Å². The van der Waals surface area contributed by atoms with Gasteiger partial charge in [0, 0.05) is 23.0 Å². The maximum absolute atomic E-state index is 12.7. The van der Waals surface area contributed by atoms with Gasteiger partial charge in [-0.3, -0.25) is 9.52 Å². The molecule has 3 N–H and O–H groups in total. The molecule has 3 aromatic rings. The van der Waals surface area contributed by atoms with Gasteiger partial charge in [-0.2, -0.15) is 0 Å². The molecule has 0 radical (unpaired) electrons. The number of hydrogen-bond donors (Lipinski definition) is 3. The number of rotatable bonds is 8. The van der Waals surface area contributed by atoms with Crippen molar-refractivity contribution in [3.05, 3.63) is 83.9 Å². The quantitative estimate of drug-likeness (QED) is 0.451. The fourth-order valence-electron chi connectivity index (χ4n) is 3.09. The zero-order chi connectivity index (χ0) is 23.6. The summed E-state index contributed by atoms with van der Waals surface area (Å²) in [6, 6.07) is 18.4. The van der Waals surface area contributed by atoms with Crippen molar-refractivity contribution < 1.29 is 21.6 Å². The van der Waals surface area contributed by atoms with Crippen molar-refractivity contribution in [1.82, 2.24) is 4.72 Å². The van der Waals surface area contributed by atoms with Crippen LogP contribution in [-0.4, -0.2) is 28.8 Å². The van der Waals surface area contributed by atoms with E-state index in [-0.39, 0.29) is 27.1 Å². The summed E-state index contributed by atoms with van der Waals surface area (Å²) < 4.78 is 55.1. The standard InChI is InChI=1S/C23H23N3O5S2/c1-16-8-12-21(13-9-16)32(28,29)26-20-6-2-4-17(14-20)23(27)24-19-5-3-7-22(15-19)33(30,31)25-18-10-11-18/h2-9,12-15,18,25-26H,10-11H2,1H3,(H,24,27). The average molecular weight is 486 g/mol. The Balaban J connectivity index is 1.49. The van der Waals surface area contributed by atoms with Gasteiger partial charge in [-0.05, 0) is 68.3 Å². The summed E-state index contributed by atoms with van der Waals surface area (Å²) in [5.41, 5.74) is 1.69. The summed E-state index contributed by atoms with van der Waals surface area (Å²) in [6.45, 7) is 1.86. The normalized spacial score (nSPS) is 14.0. The molecule has 0 saturated heterocycles. The second-order valence-corrected chi connectivity index (χ2v) is 11.3. The molecule has 0 aromatic heterocycles. The van der Waals surface area contributed by atoms with Crippen LogP contribution < -0.4 is 14.8 Å². The second-order valence-electron chi connectivity index (χ2n) is 7.88.